The van der Waals surface area contributed by atoms with Crippen molar-refractivity contribution in [3.8, 4) is 0 Å². The third-order valence-corrected chi connectivity index (χ3v) is 3.65. The van der Waals surface area contributed by atoms with Crippen LogP contribution in [-0.4, -0.2) is 0 Å². The first-order valence-electron chi connectivity index (χ1n) is 5.16. The second-order valence-corrected chi connectivity index (χ2v) is 5.01. The molecular weight excluding hydrogens is 221 g/mol. The number of nitrogens with two attached hydrogens (primary N) is 1. The number of benzene rings is 1. The van der Waals surface area contributed by atoms with Crippen LogP contribution >= 0.6 is 11.3 Å². The molecule has 1 heterocycles. The van der Waals surface area contributed by atoms with E-state index in [0.29, 0.717) is 11.1 Å². The van der Waals surface area contributed by atoms with Gasteiger partial charge in [0.15, 0.2) is 0 Å². The Morgan fingerprint density at radius 3 is 2.56 bits per heavy atom. The lowest BCUT2D eigenvalue weighted by Gasteiger charge is -2.14. The summed E-state index contributed by atoms with van der Waals surface area (Å²) in [6.45, 7) is 3.76. The van der Waals surface area contributed by atoms with Gasteiger partial charge < -0.3 is 5.73 Å². The topological polar surface area (TPSA) is 26.0 Å². The Hall–Kier alpha value is -1.19. The van der Waals surface area contributed by atoms with Crippen LogP contribution in [0.25, 0.3) is 0 Å². The van der Waals surface area contributed by atoms with Crippen molar-refractivity contribution in [1.29, 1.82) is 0 Å². The number of hydrogen-bond acceptors (Lipinski definition) is 2. The highest BCUT2D eigenvalue weighted by atomic mass is 32.1. The lowest BCUT2D eigenvalue weighted by Crippen LogP contribution is -2.14. The minimum Gasteiger partial charge on any atom is -0.320 e. The first-order chi connectivity index (χ1) is 7.61. The van der Waals surface area contributed by atoms with E-state index in [1.54, 1.807) is 30.4 Å². The molecule has 0 saturated heterocycles. The van der Waals surface area contributed by atoms with Crippen LogP contribution in [0.2, 0.25) is 0 Å². The molecule has 0 saturated carbocycles. The van der Waals surface area contributed by atoms with Crippen molar-refractivity contribution in [1.82, 2.24) is 0 Å². The third-order valence-electron chi connectivity index (χ3n) is 2.79. The van der Waals surface area contributed by atoms with Crippen molar-refractivity contribution in [2.45, 2.75) is 19.9 Å². The van der Waals surface area contributed by atoms with E-state index >= 15 is 0 Å². The Morgan fingerprint density at radius 2 is 1.94 bits per heavy atom. The fraction of sp³-hybridized carbons (Fsp3) is 0.231. The molecule has 2 N–H and O–H groups in total. The number of thiophene rings is 1. The van der Waals surface area contributed by atoms with Crippen LogP contribution in [0, 0.1) is 19.7 Å². The molecule has 0 bridgehead atoms. The minimum atomic E-state index is -0.369. The highest BCUT2D eigenvalue weighted by Crippen LogP contribution is 2.28. The molecule has 1 nitrogen and oxygen atoms in total. The van der Waals surface area contributed by atoms with Gasteiger partial charge in [0.25, 0.3) is 0 Å². The molecular formula is C13H14FNS. The molecule has 3 heteroatoms. The molecule has 0 aliphatic rings. The molecule has 1 unspecified atom stereocenters. The molecule has 0 fully saturated rings. The summed E-state index contributed by atoms with van der Waals surface area (Å²) in [5, 5.41) is 1.98. The fourth-order valence-electron chi connectivity index (χ4n) is 1.80. The maximum atomic E-state index is 13.9. The Balaban J connectivity index is 2.46. The van der Waals surface area contributed by atoms with Crippen LogP contribution in [-0.2, 0) is 0 Å². The number of halogens is 1. The SMILES string of the molecule is Cc1cccc(C(N)c2ccsc2C)c1F. The van der Waals surface area contributed by atoms with E-state index in [-0.39, 0.29) is 11.9 Å². The molecule has 2 aromatic rings. The van der Waals surface area contributed by atoms with Crippen molar-refractivity contribution in [3.63, 3.8) is 0 Å². The Bertz CT molecular complexity index is 504. The van der Waals surface area contributed by atoms with Gasteiger partial charge in [0.05, 0.1) is 6.04 Å². The van der Waals surface area contributed by atoms with Crippen LogP contribution in [0.3, 0.4) is 0 Å². The molecule has 0 spiro atoms. The van der Waals surface area contributed by atoms with Gasteiger partial charge in [-0.1, -0.05) is 18.2 Å². The molecule has 0 amide bonds. The number of aryl methyl sites for hydroxylation is 2. The highest BCUT2D eigenvalue weighted by molar-refractivity contribution is 7.10. The van der Waals surface area contributed by atoms with E-state index in [9.17, 15) is 4.39 Å². The molecule has 0 radical (unpaired) electrons. The summed E-state index contributed by atoms with van der Waals surface area (Å²) in [7, 11) is 0. The van der Waals surface area contributed by atoms with Gasteiger partial charge in [-0.2, -0.15) is 0 Å². The first kappa shape index (κ1) is 11.3. The Labute approximate surface area is 98.7 Å². The average Bonchev–Trinajstić information content (AvgIpc) is 2.68. The zero-order chi connectivity index (χ0) is 11.7. The lowest BCUT2D eigenvalue weighted by atomic mass is 9.98. The zero-order valence-corrected chi connectivity index (χ0v) is 10.1. The van der Waals surface area contributed by atoms with Gasteiger partial charge in [0, 0.05) is 10.4 Å². The summed E-state index contributed by atoms with van der Waals surface area (Å²) < 4.78 is 13.9. The predicted octanol–water partition coefficient (Wildman–Crippen LogP) is 3.55. The second kappa shape index (κ2) is 4.36. The molecule has 0 aliphatic heterocycles. The second-order valence-electron chi connectivity index (χ2n) is 3.89. The van der Waals surface area contributed by atoms with E-state index < -0.39 is 0 Å². The van der Waals surface area contributed by atoms with Crippen LogP contribution in [0.1, 0.15) is 27.6 Å². The summed E-state index contributed by atoms with van der Waals surface area (Å²) in [5.41, 5.74) is 8.32. The first-order valence-corrected chi connectivity index (χ1v) is 6.04. The molecule has 1 aromatic heterocycles. The predicted molar refractivity (Wildman–Crippen MR) is 66.2 cm³/mol. The maximum Gasteiger partial charge on any atom is 0.131 e. The van der Waals surface area contributed by atoms with Gasteiger partial charge in [-0.05, 0) is 36.4 Å². The van der Waals surface area contributed by atoms with Crippen LogP contribution < -0.4 is 5.73 Å². The number of rotatable bonds is 2. The van der Waals surface area contributed by atoms with Crippen molar-refractivity contribution in [2.24, 2.45) is 5.73 Å². The maximum absolute atomic E-state index is 13.9. The van der Waals surface area contributed by atoms with Crippen molar-refractivity contribution < 1.29 is 4.39 Å². The van der Waals surface area contributed by atoms with Gasteiger partial charge in [-0.3, -0.25) is 0 Å². The monoisotopic (exact) mass is 235 g/mol. The van der Waals surface area contributed by atoms with Crippen molar-refractivity contribution >= 4 is 11.3 Å². The summed E-state index contributed by atoms with van der Waals surface area (Å²) in [6.07, 6.45) is 0. The Kier molecular flexibility index (Phi) is 3.08. The highest BCUT2D eigenvalue weighted by Gasteiger charge is 2.16. The third kappa shape index (κ3) is 1.88. The summed E-state index contributed by atoms with van der Waals surface area (Å²) in [5.74, 6) is -0.194. The molecule has 1 aromatic carbocycles. The van der Waals surface area contributed by atoms with E-state index in [2.05, 4.69) is 0 Å². The van der Waals surface area contributed by atoms with E-state index in [4.69, 9.17) is 5.73 Å². The molecule has 16 heavy (non-hydrogen) atoms. The van der Waals surface area contributed by atoms with Gasteiger partial charge in [0.2, 0.25) is 0 Å². The zero-order valence-electron chi connectivity index (χ0n) is 9.33. The molecule has 2 rings (SSSR count). The normalized spacial score (nSPS) is 12.8. The smallest absolute Gasteiger partial charge is 0.131 e. The fourth-order valence-corrected chi connectivity index (χ4v) is 2.55. The average molecular weight is 235 g/mol. The van der Waals surface area contributed by atoms with Crippen molar-refractivity contribution in [2.75, 3.05) is 0 Å². The summed E-state index contributed by atoms with van der Waals surface area (Å²) >= 11 is 1.64. The quantitative estimate of drug-likeness (QED) is 0.846. The van der Waals surface area contributed by atoms with Crippen molar-refractivity contribution in [3.05, 3.63) is 57.0 Å². The largest absolute Gasteiger partial charge is 0.320 e. The van der Waals surface area contributed by atoms with Crippen LogP contribution in [0.4, 0.5) is 4.39 Å². The molecule has 0 aliphatic carbocycles. The Morgan fingerprint density at radius 1 is 1.19 bits per heavy atom. The lowest BCUT2D eigenvalue weighted by molar-refractivity contribution is 0.591. The van der Waals surface area contributed by atoms with Gasteiger partial charge in [-0.15, -0.1) is 11.3 Å². The summed E-state index contributed by atoms with van der Waals surface area (Å²) in [4.78, 5) is 1.15. The minimum absolute atomic E-state index is 0.194. The summed E-state index contributed by atoms with van der Waals surface area (Å²) in [6, 6.07) is 6.95. The molecule has 84 valence electrons. The van der Waals surface area contributed by atoms with Crippen LogP contribution in [0.5, 0.6) is 0 Å². The van der Waals surface area contributed by atoms with Crippen LogP contribution in [0.15, 0.2) is 29.6 Å². The standard InChI is InChI=1S/C13H14FNS/c1-8-4-3-5-11(12(8)14)13(15)10-6-7-16-9(10)2/h3-7,13H,15H2,1-2H3. The van der Waals surface area contributed by atoms with Gasteiger partial charge in [0.1, 0.15) is 5.82 Å². The van der Waals surface area contributed by atoms with E-state index in [0.717, 1.165) is 10.4 Å². The van der Waals surface area contributed by atoms with Gasteiger partial charge in [-0.25, -0.2) is 4.39 Å². The van der Waals surface area contributed by atoms with E-state index in [1.807, 2.05) is 24.4 Å². The number of hydrogen-bond donors (Lipinski definition) is 1. The molecule has 1 atom stereocenters. The van der Waals surface area contributed by atoms with Gasteiger partial charge >= 0.3 is 0 Å². The van der Waals surface area contributed by atoms with E-state index in [1.165, 1.54) is 0 Å².